The topological polar surface area (TPSA) is 115 Å². The van der Waals surface area contributed by atoms with E-state index in [1.165, 1.54) is 18.2 Å². The van der Waals surface area contributed by atoms with E-state index in [2.05, 4.69) is 10.2 Å². The molecule has 2 heterocycles. The third-order valence-electron chi connectivity index (χ3n) is 7.85. The highest BCUT2D eigenvalue weighted by Gasteiger charge is 2.64. The molecule has 19 heteroatoms. The summed E-state index contributed by atoms with van der Waals surface area (Å²) in [7, 11) is 0.740. The Kier molecular flexibility index (Phi) is 8.67. The predicted molar refractivity (Wildman–Crippen MR) is 144 cm³/mol. The number of hydrogen-bond donors (Lipinski definition) is 0. The van der Waals surface area contributed by atoms with Crippen LogP contribution in [0.25, 0.3) is 16.9 Å². The Bertz CT molecular complexity index is 1740. The van der Waals surface area contributed by atoms with Crippen LogP contribution >= 0.6 is 11.6 Å². The lowest BCUT2D eigenvalue weighted by molar-refractivity contribution is -0.292. The monoisotopic (exact) mass is 694 g/mol. The molecular weight excluding hydrogens is 672 g/mol. The molecule has 2 aliphatic rings. The molecule has 0 N–H and O–H groups in total. The van der Waals surface area contributed by atoms with E-state index < -0.39 is 59.7 Å². The van der Waals surface area contributed by atoms with Crippen molar-refractivity contribution in [2.24, 2.45) is 7.05 Å². The van der Waals surface area contributed by atoms with Crippen LogP contribution in [0.3, 0.4) is 0 Å². The van der Waals surface area contributed by atoms with E-state index in [9.17, 15) is 50.0 Å². The molecule has 0 bridgehead atoms. The van der Waals surface area contributed by atoms with Gasteiger partial charge >= 0.3 is 24.4 Å². The Morgan fingerprint density at radius 1 is 1.11 bits per heavy atom. The summed E-state index contributed by atoms with van der Waals surface area (Å²) in [6.45, 7) is -0.651. The molecule has 2 saturated carbocycles. The van der Waals surface area contributed by atoms with E-state index in [1.54, 1.807) is 0 Å². The second-order valence-corrected chi connectivity index (χ2v) is 11.4. The van der Waals surface area contributed by atoms with E-state index >= 15 is 0 Å². The van der Waals surface area contributed by atoms with Crippen molar-refractivity contribution in [2.75, 3.05) is 6.73 Å². The van der Waals surface area contributed by atoms with E-state index in [1.807, 2.05) is 6.07 Å². The van der Waals surface area contributed by atoms with Crippen molar-refractivity contribution in [3.8, 4) is 23.0 Å². The number of nitriles is 1. The molecular formula is C28H23ClF8N6O4. The second kappa shape index (κ2) is 12.0. The van der Waals surface area contributed by atoms with Crippen LogP contribution in [0.2, 0.25) is 5.02 Å². The van der Waals surface area contributed by atoms with Crippen molar-refractivity contribution in [2.45, 2.75) is 68.4 Å². The molecule has 2 aromatic heterocycles. The third kappa shape index (κ3) is 6.45. The molecule has 0 radical (unpaired) electrons. The first-order valence-electron chi connectivity index (χ1n) is 13.9. The van der Waals surface area contributed by atoms with Gasteiger partial charge in [0.15, 0.2) is 18.2 Å². The van der Waals surface area contributed by atoms with E-state index in [0.717, 1.165) is 37.2 Å². The normalized spacial score (nSPS) is 16.5. The van der Waals surface area contributed by atoms with Crippen LogP contribution in [0.5, 0.6) is 0 Å². The number of ether oxygens (including phenoxy) is 2. The molecule has 0 atom stereocenters. The van der Waals surface area contributed by atoms with Crippen LogP contribution in [0.1, 0.15) is 60.1 Å². The molecule has 0 unspecified atom stereocenters. The Labute approximate surface area is 265 Å². The maximum absolute atomic E-state index is 14.1. The van der Waals surface area contributed by atoms with Crippen LogP contribution < -0.4 is 0 Å². The molecule has 10 nitrogen and oxygen atoms in total. The molecule has 5 rings (SSSR count). The maximum atomic E-state index is 14.1. The van der Waals surface area contributed by atoms with Crippen molar-refractivity contribution >= 4 is 23.7 Å². The number of aromatic nitrogens is 4. The fourth-order valence-corrected chi connectivity index (χ4v) is 5.42. The van der Waals surface area contributed by atoms with E-state index in [4.69, 9.17) is 21.1 Å². The number of amides is 1. The van der Waals surface area contributed by atoms with Crippen LogP contribution in [-0.2, 0) is 28.6 Å². The van der Waals surface area contributed by atoms with Gasteiger partial charge in [0.2, 0.25) is 0 Å². The van der Waals surface area contributed by atoms with Gasteiger partial charge in [-0.2, -0.15) is 50.6 Å². The van der Waals surface area contributed by atoms with Crippen LogP contribution in [0.15, 0.2) is 30.6 Å². The van der Waals surface area contributed by atoms with Crippen LogP contribution in [0, 0.1) is 11.3 Å². The van der Waals surface area contributed by atoms with Gasteiger partial charge in [-0.15, -0.1) is 0 Å². The zero-order valence-electron chi connectivity index (χ0n) is 24.1. The Morgan fingerprint density at radius 2 is 1.77 bits per heavy atom. The predicted octanol–water partition coefficient (Wildman–Crippen LogP) is 7.15. The van der Waals surface area contributed by atoms with Crippen molar-refractivity contribution in [3.05, 3.63) is 52.4 Å². The number of alkyl halides is 8. The van der Waals surface area contributed by atoms with Gasteiger partial charge in [-0.25, -0.2) is 14.2 Å². The highest BCUT2D eigenvalue weighted by atomic mass is 35.5. The first-order chi connectivity index (χ1) is 21.9. The summed E-state index contributed by atoms with van der Waals surface area (Å²) in [5.74, 6) is -8.01. The Morgan fingerprint density at radius 3 is 2.34 bits per heavy atom. The summed E-state index contributed by atoms with van der Waals surface area (Å²) in [6, 6.07) is 5.83. The number of hydrogen-bond acceptors (Lipinski definition) is 7. The molecule has 0 saturated heterocycles. The zero-order valence-corrected chi connectivity index (χ0v) is 24.9. The maximum Gasteiger partial charge on any atom is 0.510 e. The number of nitrogens with zero attached hydrogens (tertiary/aromatic N) is 6. The standard InChI is InChI=1S/C28H23ClF8N6O4/c1-41-22(20(27(32,33)34)21(40-41)26(30,31)28(35,36)37)43-12-16(11-39-43)15-6-7-19(29)18(10-15)23(44)42(25(13-38)8-9-25)14-46-24(45)47-17-4-2-3-5-17/h6-7,10-12,17H,2-5,8-9,14H2,1H3. The SMILES string of the molecule is Cn1nc(C(F)(F)C(F)(F)F)c(C(F)(F)F)c1-n1cc(-c2ccc(Cl)c(C(=O)N(COC(=O)OC3CCCC3)C3(C#N)CC3)c2)cn1. The first kappa shape index (κ1) is 33.9. The van der Waals surface area contributed by atoms with E-state index in [-0.39, 0.29) is 45.3 Å². The second-order valence-electron chi connectivity index (χ2n) is 11.0. The molecule has 47 heavy (non-hydrogen) atoms. The highest BCUT2D eigenvalue weighted by molar-refractivity contribution is 6.34. The largest absolute Gasteiger partial charge is 0.510 e. The molecule has 1 aromatic carbocycles. The molecule has 1 amide bonds. The minimum absolute atomic E-state index is 0.00136. The lowest BCUT2D eigenvalue weighted by atomic mass is 10.0. The van der Waals surface area contributed by atoms with Crippen molar-refractivity contribution < 1.29 is 54.2 Å². The van der Waals surface area contributed by atoms with Gasteiger partial charge in [-0.1, -0.05) is 17.7 Å². The summed E-state index contributed by atoms with van der Waals surface area (Å²) in [5.41, 5.74) is -6.29. The quantitative estimate of drug-likeness (QED) is 0.140. The fourth-order valence-electron chi connectivity index (χ4n) is 5.23. The summed E-state index contributed by atoms with van der Waals surface area (Å²) in [4.78, 5) is 27.0. The van der Waals surface area contributed by atoms with Crippen LogP contribution in [-0.4, -0.2) is 61.1 Å². The van der Waals surface area contributed by atoms with Gasteiger partial charge in [-0.3, -0.25) is 9.69 Å². The number of halogens is 9. The first-order valence-corrected chi connectivity index (χ1v) is 14.3. The minimum Gasteiger partial charge on any atom is -0.431 e. The Hall–Kier alpha value is -4.40. The fraction of sp³-hybridized carbons (Fsp3) is 0.464. The number of benzene rings is 1. The summed E-state index contributed by atoms with van der Waals surface area (Å²) >= 11 is 6.30. The van der Waals surface area contributed by atoms with Crippen molar-refractivity contribution in [3.63, 3.8) is 0 Å². The Balaban J connectivity index is 1.46. The van der Waals surface area contributed by atoms with Crippen LogP contribution in [0.4, 0.5) is 39.9 Å². The van der Waals surface area contributed by atoms with Gasteiger partial charge < -0.3 is 9.47 Å². The third-order valence-corrected chi connectivity index (χ3v) is 8.18. The average Bonchev–Trinajstić information content (AvgIpc) is 3.31. The van der Waals surface area contributed by atoms with E-state index in [0.29, 0.717) is 17.5 Å². The van der Waals surface area contributed by atoms with Gasteiger partial charge in [0.1, 0.15) is 17.2 Å². The lowest BCUT2D eigenvalue weighted by Gasteiger charge is -2.27. The highest BCUT2D eigenvalue weighted by Crippen LogP contribution is 2.49. The number of carbonyl (C=O) groups is 2. The summed E-state index contributed by atoms with van der Waals surface area (Å²) in [5, 5.41) is 16.3. The molecule has 0 aliphatic heterocycles. The smallest absolute Gasteiger partial charge is 0.431 e. The molecule has 3 aromatic rings. The van der Waals surface area contributed by atoms with Gasteiger partial charge in [0.25, 0.3) is 5.91 Å². The van der Waals surface area contributed by atoms with Crippen molar-refractivity contribution in [1.82, 2.24) is 24.5 Å². The molecule has 252 valence electrons. The summed E-state index contributed by atoms with van der Waals surface area (Å²) in [6.07, 6.45) is -7.92. The zero-order chi connectivity index (χ0) is 34.5. The molecule has 2 aliphatic carbocycles. The molecule has 2 fully saturated rings. The van der Waals surface area contributed by atoms with Gasteiger partial charge in [-0.05, 0) is 56.2 Å². The number of carbonyl (C=O) groups excluding carboxylic acids is 2. The summed E-state index contributed by atoms with van der Waals surface area (Å²) < 4.78 is 120. The van der Waals surface area contributed by atoms with Crippen molar-refractivity contribution in [1.29, 1.82) is 5.26 Å². The van der Waals surface area contributed by atoms with Gasteiger partial charge in [0, 0.05) is 18.8 Å². The number of aryl methyl sites for hydroxylation is 1. The number of rotatable bonds is 8. The lowest BCUT2D eigenvalue weighted by Crippen LogP contribution is -2.43. The minimum atomic E-state index is -6.38. The van der Waals surface area contributed by atoms with Gasteiger partial charge in [0.05, 0.1) is 22.9 Å². The average molecular weight is 695 g/mol. The molecule has 0 spiro atoms.